The summed E-state index contributed by atoms with van der Waals surface area (Å²) < 4.78 is 0. The minimum absolute atomic E-state index is 0.00712. The van der Waals surface area contributed by atoms with Crippen LogP contribution >= 0.6 is 0 Å². The molecule has 2 aromatic rings. The van der Waals surface area contributed by atoms with E-state index in [9.17, 15) is 4.79 Å². The van der Waals surface area contributed by atoms with Gasteiger partial charge in [-0.2, -0.15) is 0 Å². The molecule has 1 N–H and O–H groups in total. The van der Waals surface area contributed by atoms with Crippen molar-refractivity contribution in [3.05, 3.63) is 66.2 Å². The van der Waals surface area contributed by atoms with Gasteiger partial charge in [0.15, 0.2) is 0 Å². The van der Waals surface area contributed by atoms with Gasteiger partial charge in [-0.05, 0) is 37.5 Å². The van der Waals surface area contributed by atoms with Crippen molar-refractivity contribution in [2.75, 3.05) is 44.2 Å². The minimum Gasteiger partial charge on any atom is -0.338 e. The van der Waals surface area contributed by atoms with E-state index in [0.29, 0.717) is 6.54 Å². The van der Waals surface area contributed by atoms with Crippen LogP contribution in [0.2, 0.25) is 0 Å². The van der Waals surface area contributed by atoms with E-state index in [1.165, 1.54) is 18.4 Å². The third kappa shape index (κ3) is 4.80. The fourth-order valence-corrected chi connectivity index (χ4v) is 4.37. The van der Waals surface area contributed by atoms with E-state index in [1.54, 1.807) is 0 Å². The standard InChI is InChI=1S/C24H32N4O/c1-2-25-23(29)28(22-11-7-4-8-12-22)20-24(13-14-24)27-17-15-26(16-18-27)19-21-9-5-3-6-10-21/h3-12H,2,13-20H2,1H3,(H,25,29). The van der Waals surface area contributed by atoms with E-state index in [1.807, 2.05) is 42.2 Å². The van der Waals surface area contributed by atoms with E-state index in [4.69, 9.17) is 0 Å². The Hall–Kier alpha value is -2.37. The number of benzene rings is 2. The molecule has 0 spiro atoms. The second kappa shape index (κ2) is 8.97. The van der Waals surface area contributed by atoms with Crippen molar-refractivity contribution in [2.45, 2.75) is 31.8 Å². The van der Waals surface area contributed by atoms with E-state index >= 15 is 0 Å². The molecule has 0 radical (unpaired) electrons. The zero-order chi connectivity index (χ0) is 20.1. The zero-order valence-corrected chi connectivity index (χ0v) is 17.4. The van der Waals surface area contributed by atoms with Gasteiger partial charge >= 0.3 is 6.03 Å². The van der Waals surface area contributed by atoms with Crippen LogP contribution in [0.1, 0.15) is 25.3 Å². The van der Waals surface area contributed by atoms with Crippen LogP contribution in [0.4, 0.5) is 10.5 Å². The summed E-state index contributed by atoms with van der Waals surface area (Å²) in [6.07, 6.45) is 2.35. The van der Waals surface area contributed by atoms with Gasteiger partial charge in [0.25, 0.3) is 0 Å². The summed E-state index contributed by atoms with van der Waals surface area (Å²) in [7, 11) is 0. The van der Waals surface area contributed by atoms with E-state index < -0.39 is 0 Å². The molecule has 154 valence electrons. The maximum Gasteiger partial charge on any atom is 0.321 e. The third-order valence-electron chi connectivity index (χ3n) is 6.21. The van der Waals surface area contributed by atoms with Gasteiger partial charge in [0, 0.05) is 57.0 Å². The van der Waals surface area contributed by atoms with Gasteiger partial charge in [-0.1, -0.05) is 48.5 Å². The number of hydrogen-bond donors (Lipinski definition) is 1. The van der Waals surface area contributed by atoms with Gasteiger partial charge in [0.1, 0.15) is 0 Å². The number of para-hydroxylation sites is 1. The summed E-state index contributed by atoms with van der Waals surface area (Å²) in [6.45, 7) is 8.73. The largest absolute Gasteiger partial charge is 0.338 e. The molecule has 2 aliphatic rings. The Bertz CT molecular complexity index is 783. The van der Waals surface area contributed by atoms with E-state index in [0.717, 1.165) is 45.0 Å². The molecule has 0 unspecified atom stereocenters. The SMILES string of the molecule is CCNC(=O)N(CC1(N2CCN(Cc3ccccc3)CC2)CC1)c1ccccc1. The molecule has 1 heterocycles. The summed E-state index contributed by atoms with van der Waals surface area (Å²) in [5.41, 5.74) is 2.50. The highest BCUT2D eigenvalue weighted by Crippen LogP contribution is 2.43. The number of rotatable bonds is 7. The molecule has 0 aromatic heterocycles. The smallest absolute Gasteiger partial charge is 0.321 e. The van der Waals surface area contributed by atoms with Crippen LogP contribution in [0.3, 0.4) is 0 Å². The Morgan fingerprint density at radius 3 is 2.17 bits per heavy atom. The van der Waals surface area contributed by atoms with Crippen molar-refractivity contribution in [2.24, 2.45) is 0 Å². The molecule has 0 atom stereocenters. The zero-order valence-electron chi connectivity index (χ0n) is 17.4. The summed E-state index contributed by atoms with van der Waals surface area (Å²) in [5, 5.41) is 2.99. The highest BCUT2D eigenvalue weighted by Gasteiger charge is 2.50. The predicted octanol–water partition coefficient (Wildman–Crippen LogP) is 3.57. The molecule has 2 aromatic carbocycles. The maximum absolute atomic E-state index is 12.8. The number of amides is 2. The number of carbonyl (C=O) groups excluding carboxylic acids is 1. The highest BCUT2D eigenvalue weighted by atomic mass is 16.2. The first-order valence-electron chi connectivity index (χ1n) is 10.8. The molecule has 1 saturated carbocycles. The van der Waals surface area contributed by atoms with Gasteiger partial charge in [0.05, 0.1) is 0 Å². The first-order chi connectivity index (χ1) is 14.2. The van der Waals surface area contributed by atoms with Crippen molar-refractivity contribution >= 4 is 11.7 Å². The van der Waals surface area contributed by atoms with Crippen molar-refractivity contribution in [1.82, 2.24) is 15.1 Å². The maximum atomic E-state index is 12.8. The fraction of sp³-hybridized carbons (Fsp3) is 0.458. The predicted molar refractivity (Wildman–Crippen MR) is 118 cm³/mol. The van der Waals surface area contributed by atoms with Crippen LogP contribution in [0, 0.1) is 0 Å². The Kier molecular flexibility index (Phi) is 6.16. The first kappa shape index (κ1) is 19.9. The molecule has 5 heteroatoms. The lowest BCUT2D eigenvalue weighted by atomic mass is 10.1. The molecule has 29 heavy (non-hydrogen) atoms. The van der Waals surface area contributed by atoms with Crippen LogP contribution in [0.25, 0.3) is 0 Å². The van der Waals surface area contributed by atoms with Crippen LogP contribution < -0.4 is 10.2 Å². The molecule has 0 bridgehead atoms. The molecule has 2 amide bonds. The topological polar surface area (TPSA) is 38.8 Å². The average molecular weight is 393 g/mol. The summed E-state index contributed by atoms with van der Waals surface area (Å²) in [5.74, 6) is 0. The van der Waals surface area contributed by atoms with E-state index in [2.05, 4.69) is 45.4 Å². The van der Waals surface area contributed by atoms with Crippen molar-refractivity contribution in [3.8, 4) is 0 Å². The minimum atomic E-state index is 0.00712. The summed E-state index contributed by atoms with van der Waals surface area (Å²) in [4.78, 5) is 19.9. The molecular weight excluding hydrogens is 360 g/mol. The summed E-state index contributed by atoms with van der Waals surface area (Å²) >= 11 is 0. The number of urea groups is 1. The number of nitrogens with zero attached hydrogens (tertiary/aromatic N) is 3. The molecular formula is C24H32N4O. The number of anilines is 1. The van der Waals surface area contributed by atoms with Crippen molar-refractivity contribution in [3.63, 3.8) is 0 Å². The van der Waals surface area contributed by atoms with Crippen molar-refractivity contribution < 1.29 is 4.79 Å². The van der Waals surface area contributed by atoms with Crippen LogP contribution in [0.5, 0.6) is 0 Å². The Morgan fingerprint density at radius 2 is 1.59 bits per heavy atom. The quantitative estimate of drug-likeness (QED) is 0.783. The van der Waals surface area contributed by atoms with Gasteiger partial charge in [-0.3, -0.25) is 14.7 Å². The third-order valence-corrected chi connectivity index (χ3v) is 6.21. The van der Waals surface area contributed by atoms with Gasteiger partial charge < -0.3 is 5.32 Å². The van der Waals surface area contributed by atoms with Crippen LogP contribution in [0.15, 0.2) is 60.7 Å². The molecule has 1 saturated heterocycles. The molecule has 1 aliphatic carbocycles. The Morgan fingerprint density at radius 1 is 0.966 bits per heavy atom. The second-order valence-electron chi connectivity index (χ2n) is 8.23. The number of piperazine rings is 1. The van der Waals surface area contributed by atoms with Gasteiger partial charge in [-0.25, -0.2) is 4.79 Å². The van der Waals surface area contributed by atoms with Crippen LogP contribution in [-0.4, -0.2) is 60.6 Å². The van der Waals surface area contributed by atoms with Gasteiger partial charge in [0.2, 0.25) is 0 Å². The van der Waals surface area contributed by atoms with Crippen molar-refractivity contribution in [1.29, 1.82) is 0 Å². The number of hydrogen-bond acceptors (Lipinski definition) is 3. The number of nitrogens with one attached hydrogen (secondary N) is 1. The second-order valence-corrected chi connectivity index (χ2v) is 8.23. The molecule has 4 rings (SSSR count). The monoisotopic (exact) mass is 392 g/mol. The molecule has 1 aliphatic heterocycles. The lowest BCUT2D eigenvalue weighted by Gasteiger charge is -2.41. The van der Waals surface area contributed by atoms with Gasteiger partial charge in [-0.15, -0.1) is 0 Å². The van der Waals surface area contributed by atoms with E-state index in [-0.39, 0.29) is 11.6 Å². The number of carbonyl (C=O) groups is 1. The Balaban J connectivity index is 1.39. The highest BCUT2D eigenvalue weighted by molar-refractivity contribution is 5.92. The Labute approximate surface area is 174 Å². The summed E-state index contributed by atoms with van der Waals surface area (Å²) in [6, 6.07) is 20.8. The lowest BCUT2D eigenvalue weighted by molar-refractivity contribution is 0.0834. The fourth-order valence-electron chi connectivity index (χ4n) is 4.37. The lowest BCUT2D eigenvalue weighted by Crippen LogP contribution is -2.56. The normalized spacial score (nSPS) is 18.9. The molecule has 5 nitrogen and oxygen atoms in total. The first-order valence-corrected chi connectivity index (χ1v) is 10.8. The average Bonchev–Trinajstić information content (AvgIpc) is 3.55. The van der Waals surface area contributed by atoms with Crippen LogP contribution in [-0.2, 0) is 6.54 Å². The molecule has 2 fully saturated rings.